The number of furan rings is 1. The molecule has 1 N–H and O–H groups in total. The molecule has 0 aliphatic carbocycles. The highest BCUT2D eigenvalue weighted by molar-refractivity contribution is 5.78. The van der Waals surface area contributed by atoms with Gasteiger partial charge in [-0.3, -0.25) is 9.69 Å². The van der Waals surface area contributed by atoms with E-state index in [1.165, 1.54) is 0 Å². The van der Waals surface area contributed by atoms with E-state index < -0.39 is 0 Å². The molecule has 0 spiro atoms. The van der Waals surface area contributed by atoms with E-state index in [-0.39, 0.29) is 19.2 Å². The smallest absolute Gasteiger partial charge is 0.234 e. The molecule has 0 atom stereocenters. The van der Waals surface area contributed by atoms with Crippen LogP contribution in [0.1, 0.15) is 16.9 Å². The largest absolute Gasteiger partial charge is 0.468 e. The van der Waals surface area contributed by atoms with Crippen LogP contribution in [0.3, 0.4) is 0 Å². The second kappa shape index (κ2) is 8.63. The summed E-state index contributed by atoms with van der Waals surface area (Å²) in [5, 5.41) is 2.98. The number of nitrogens with zero attached hydrogens (tertiary/aromatic N) is 1. The standard InChI is InChI=1S/C22H22N2O4/c25-22(23-12-18-8-9-20-21(11-18)28-16-27-20)15-24(14-19-7-4-10-26-19)13-17-5-2-1-3-6-17/h1-11H,12-16H2,(H,23,25). The number of carbonyl (C=O) groups excluding carboxylic acids is 1. The van der Waals surface area contributed by atoms with Crippen LogP contribution in [-0.2, 0) is 24.4 Å². The van der Waals surface area contributed by atoms with Crippen molar-refractivity contribution in [3.63, 3.8) is 0 Å². The highest BCUT2D eigenvalue weighted by Gasteiger charge is 2.15. The monoisotopic (exact) mass is 378 g/mol. The summed E-state index contributed by atoms with van der Waals surface area (Å²) in [5.41, 5.74) is 2.12. The molecule has 1 amide bonds. The minimum Gasteiger partial charge on any atom is -0.468 e. The zero-order valence-corrected chi connectivity index (χ0v) is 15.5. The second-order valence-corrected chi connectivity index (χ2v) is 6.67. The summed E-state index contributed by atoms with van der Waals surface area (Å²) in [6.45, 7) is 2.19. The van der Waals surface area contributed by atoms with Crippen LogP contribution in [-0.4, -0.2) is 24.1 Å². The lowest BCUT2D eigenvalue weighted by Gasteiger charge is -2.21. The average molecular weight is 378 g/mol. The molecule has 0 unspecified atom stereocenters. The molecule has 28 heavy (non-hydrogen) atoms. The van der Waals surface area contributed by atoms with Crippen LogP contribution in [0.2, 0.25) is 0 Å². The Labute approximate surface area is 163 Å². The van der Waals surface area contributed by atoms with E-state index in [0.29, 0.717) is 19.6 Å². The van der Waals surface area contributed by atoms with Crippen molar-refractivity contribution >= 4 is 5.91 Å². The molecule has 144 valence electrons. The summed E-state index contributed by atoms with van der Waals surface area (Å²) in [6, 6.07) is 19.6. The van der Waals surface area contributed by atoms with Gasteiger partial charge < -0.3 is 19.2 Å². The minimum atomic E-state index is -0.0415. The van der Waals surface area contributed by atoms with E-state index in [4.69, 9.17) is 13.9 Å². The van der Waals surface area contributed by atoms with Crippen molar-refractivity contribution in [3.8, 4) is 11.5 Å². The maximum atomic E-state index is 12.5. The van der Waals surface area contributed by atoms with Crippen molar-refractivity contribution < 1.29 is 18.7 Å². The number of amides is 1. The number of carbonyl (C=O) groups is 1. The number of rotatable bonds is 8. The Morgan fingerprint density at radius 3 is 2.61 bits per heavy atom. The number of nitrogens with one attached hydrogen (secondary N) is 1. The third-order valence-corrected chi connectivity index (χ3v) is 4.50. The molecule has 0 radical (unpaired) electrons. The van der Waals surface area contributed by atoms with Gasteiger partial charge in [0, 0.05) is 13.1 Å². The Bertz CT molecular complexity index is 910. The fraction of sp³-hybridized carbons (Fsp3) is 0.227. The first-order valence-electron chi connectivity index (χ1n) is 9.20. The molecule has 0 bridgehead atoms. The molecule has 0 saturated carbocycles. The number of hydrogen-bond donors (Lipinski definition) is 1. The van der Waals surface area contributed by atoms with E-state index in [9.17, 15) is 4.79 Å². The van der Waals surface area contributed by atoms with E-state index in [0.717, 1.165) is 28.4 Å². The number of fused-ring (bicyclic) bond motifs is 1. The summed E-state index contributed by atoms with van der Waals surface area (Å²) < 4.78 is 16.2. The lowest BCUT2D eigenvalue weighted by atomic mass is 10.2. The highest BCUT2D eigenvalue weighted by atomic mass is 16.7. The molecular formula is C22H22N2O4. The molecule has 1 aliphatic rings. The van der Waals surface area contributed by atoms with Crippen LogP contribution in [0, 0.1) is 0 Å². The fourth-order valence-electron chi connectivity index (χ4n) is 3.14. The quantitative estimate of drug-likeness (QED) is 0.651. The first-order chi connectivity index (χ1) is 13.8. The summed E-state index contributed by atoms with van der Waals surface area (Å²) in [4.78, 5) is 14.6. The summed E-state index contributed by atoms with van der Waals surface area (Å²) in [7, 11) is 0. The zero-order chi connectivity index (χ0) is 19.2. The molecule has 1 aliphatic heterocycles. The van der Waals surface area contributed by atoms with Crippen molar-refractivity contribution in [2.75, 3.05) is 13.3 Å². The van der Waals surface area contributed by atoms with Gasteiger partial charge >= 0.3 is 0 Å². The molecule has 3 aromatic rings. The number of benzene rings is 2. The Hall–Kier alpha value is -3.25. The molecule has 6 heteroatoms. The molecule has 6 nitrogen and oxygen atoms in total. The molecule has 2 heterocycles. The van der Waals surface area contributed by atoms with Gasteiger partial charge in [-0.05, 0) is 35.4 Å². The van der Waals surface area contributed by atoms with E-state index in [1.807, 2.05) is 48.5 Å². The molecular weight excluding hydrogens is 356 g/mol. The fourth-order valence-corrected chi connectivity index (χ4v) is 3.14. The summed E-state index contributed by atoms with van der Waals surface area (Å²) in [5.74, 6) is 2.25. The first kappa shape index (κ1) is 18.1. The highest BCUT2D eigenvalue weighted by Crippen LogP contribution is 2.32. The molecule has 1 aromatic heterocycles. The number of ether oxygens (including phenoxy) is 2. The summed E-state index contributed by atoms with van der Waals surface area (Å²) in [6.07, 6.45) is 1.65. The predicted octanol–water partition coefficient (Wildman–Crippen LogP) is 3.33. The molecule has 2 aromatic carbocycles. The van der Waals surface area contributed by atoms with Gasteiger partial charge in [0.25, 0.3) is 0 Å². The van der Waals surface area contributed by atoms with E-state index in [2.05, 4.69) is 22.3 Å². The Kier molecular flexibility index (Phi) is 5.58. The third kappa shape index (κ3) is 4.72. The predicted molar refractivity (Wildman–Crippen MR) is 104 cm³/mol. The van der Waals surface area contributed by atoms with Crippen LogP contribution in [0.4, 0.5) is 0 Å². The van der Waals surface area contributed by atoms with Crippen LogP contribution >= 0.6 is 0 Å². The van der Waals surface area contributed by atoms with E-state index >= 15 is 0 Å². The van der Waals surface area contributed by atoms with Gasteiger partial charge in [-0.1, -0.05) is 36.4 Å². The lowest BCUT2D eigenvalue weighted by Crippen LogP contribution is -2.36. The van der Waals surface area contributed by atoms with Gasteiger partial charge in [0.15, 0.2) is 11.5 Å². The summed E-state index contributed by atoms with van der Waals surface area (Å²) >= 11 is 0. The maximum absolute atomic E-state index is 12.5. The van der Waals surface area contributed by atoms with Crippen molar-refractivity contribution in [2.45, 2.75) is 19.6 Å². The van der Waals surface area contributed by atoms with Crippen LogP contribution in [0.15, 0.2) is 71.3 Å². The van der Waals surface area contributed by atoms with Crippen LogP contribution < -0.4 is 14.8 Å². The zero-order valence-electron chi connectivity index (χ0n) is 15.5. The topological polar surface area (TPSA) is 63.9 Å². The molecule has 0 saturated heterocycles. The Morgan fingerprint density at radius 1 is 0.929 bits per heavy atom. The Morgan fingerprint density at radius 2 is 1.79 bits per heavy atom. The first-order valence-corrected chi connectivity index (χ1v) is 9.20. The van der Waals surface area contributed by atoms with Gasteiger partial charge in [-0.15, -0.1) is 0 Å². The second-order valence-electron chi connectivity index (χ2n) is 6.67. The van der Waals surface area contributed by atoms with E-state index in [1.54, 1.807) is 6.26 Å². The average Bonchev–Trinajstić information content (AvgIpc) is 3.38. The van der Waals surface area contributed by atoms with Gasteiger partial charge in [-0.2, -0.15) is 0 Å². The number of hydrogen-bond acceptors (Lipinski definition) is 5. The van der Waals surface area contributed by atoms with Crippen LogP contribution in [0.5, 0.6) is 11.5 Å². The lowest BCUT2D eigenvalue weighted by molar-refractivity contribution is -0.122. The van der Waals surface area contributed by atoms with Crippen LogP contribution in [0.25, 0.3) is 0 Å². The molecule has 0 fully saturated rings. The maximum Gasteiger partial charge on any atom is 0.234 e. The minimum absolute atomic E-state index is 0.0415. The van der Waals surface area contributed by atoms with Crippen molar-refractivity contribution in [1.82, 2.24) is 10.2 Å². The molecule has 4 rings (SSSR count). The normalized spacial score (nSPS) is 12.3. The Balaban J connectivity index is 1.35. The SMILES string of the molecule is O=C(CN(Cc1ccccc1)Cc1ccco1)NCc1ccc2c(c1)OCO2. The van der Waals surface area contributed by atoms with Crippen molar-refractivity contribution in [2.24, 2.45) is 0 Å². The van der Waals surface area contributed by atoms with Crippen molar-refractivity contribution in [1.29, 1.82) is 0 Å². The van der Waals surface area contributed by atoms with Gasteiger partial charge in [0.2, 0.25) is 12.7 Å². The van der Waals surface area contributed by atoms with Crippen molar-refractivity contribution in [3.05, 3.63) is 83.8 Å². The van der Waals surface area contributed by atoms with Gasteiger partial charge in [0.05, 0.1) is 19.4 Å². The van der Waals surface area contributed by atoms with Gasteiger partial charge in [0.1, 0.15) is 5.76 Å². The third-order valence-electron chi connectivity index (χ3n) is 4.50. The van der Waals surface area contributed by atoms with Gasteiger partial charge in [-0.25, -0.2) is 0 Å².